The molecule has 1 N–H and O–H groups in total. The van der Waals surface area contributed by atoms with Crippen molar-refractivity contribution < 1.29 is 14.3 Å². The molecule has 0 spiro atoms. The third kappa shape index (κ3) is 4.07. The number of aryl methyl sites for hydroxylation is 2. The number of unbranched alkanes of at least 4 members (excludes halogenated alkanes) is 1. The zero-order valence-corrected chi connectivity index (χ0v) is 16.5. The van der Waals surface area contributed by atoms with Crippen molar-refractivity contribution in [3.63, 3.8) is 0 Å². The summed E-state index contributed by atoms with van der Waals surface area (Å²) in [5.74, 6) is -0.0147. The zero-order valence-electron chi connectivity index (χ0n) is 16.5. The number of aromatic nitrogens is 1. The summed E-state index contributed by atoms with van der Waals surface area (Å²) in [7, 11) is 0. The van der Waals surface area contributed by atoms with E-state index in [-0.39, 0.29) is 17.7 Å². The number of carboxylic acid groups (broad SMARTS) is 1. The SMILES string of the molecule is CCCCC(C(=O)O)C1CCN(c2nc3c(C)ccc(F)c3cc2C)CC1. The largest absolute Gasteiger partial charge is 0.481 e. The number of aliphatic carboxylic acids is 1. The molecule has 146 valence electrons. The smallest absolute Gasteiger partial charge is 0.306 e. The highest BCUT2D eigenvalue weighted by molar-refractivity contribution is 5.85. The number of rotatable bonds is 6. The molecular formula is C22H29FN2O2. The molecule has 3 rings (SSSR count). The maximum Gasteiger partial charge on any atom is 0.306 e. The van der Waals surface area contributed by atoms with Gasteiger partial charge in [0.25, 0.3) is 0 Å². The number of fused-ring (bicyclic) bond motifs is 1. The van der Waals surface area contributed by atoms with Crippen LogP contribution in [-0.2, 0) is 4.79 Å². The number of anilines is 1. The first kappa shape index (κ1) is 19.6. The van der Waals surface area contributed by atoms with Gasteiger partial charge in [-0.1, -0.05) is 25.8 Å². The van der Waals surface area contributed by atoms with Crippen LogP contribution in [0.5, 0.6) is 0 Å². The van der Waals surface area contributed by atoms with Gasteiger partial charge in [-0.25, -0.2) is 9.37 Å². The van der Waals surface area contributed by atoms with Gasteiger partial charge in [-0.15, -0.1) is 0 Å². The lowest BCUT2D eigenvalue weighted by Crippen LogP contribution is -2.38. The van der Waals surface area contributed by atoms with Crippen molar-refractivity contribution in [1.29, 1.82) is 0 Å². The molecule has 1 atom stereocenters. The van der Waals surface area contributed by atoms with Gasteiger partial charge < -0.3 is 10.0 Å². The number of carboxylic acids is 1. The summed E-state index contributed by atoms with van der Waals surface area (Å²) in [6, 6.07) is 5.14. The van der Waals surface area contributed by atoms with E-state index in [1.165, 1.54) is 6.07 Å². The van der Waals surface area contributed by atoms with Crippen LogP contribution < -0.4 is 4.90 Å². The van der Waals surface area contributed by atoms with E-state index < -0.39 is 5.97 Å². The molecule has 0 saturated carbocycles. The van der Waals surface area contributed by atoms with E-state index >= 15 is 0 Å². The van der Waals surface area contributed by atoms with Gasteiger partial charge in [-0.05, 0) is 62.3 Å². The van der Waals surface area contributed by atoms with Crippen LogP contribution in [-0.4, -0.2) is 29.1 Å². The van der Waals surface area contributed by atoms with Crippen LogP contribution in [0.4, 0.5) is 10.2 Å². The van der Waals surface area contributed by atoms with Gasteiger partial charge in [-0.2, -0.15) is 0 Å². The number of piperidine rings is 1. The second-order valence-electron chi connectivity index (χ2n) is 7.80. The Balaban J connectivity index is 1.79. The summed E-state index contributed by atoms with van der Waals surface area (Å²) in [5.41, 5.74) is 2.64. The van der Waals surface area contributed by atoms with Crippen molar-refractivity contribution in [2.75, 3.05) is 18.0 Å². The van der Waals surface area contributed by atoms with E-state index in [9.17, 15) is 14.3 Å². The lowest BCUT2D eigenvalue weighted by molar-refractivity contribution is -0.144. The molecule has 0 bridgehead atoms. The molecule has 27 heavy (non-hydrogen) atoms. The van der Waals surface area contributed by atoms with Gasteiger partial charge in [0.2, 0.25) is 0 Å². The van der Waals surface area contributed by atoms with E-state index in [1.807, 2.05) is 19.9 Å². The average molecular weight is 372 g/mol. The molecular weight excluding hydrogens is 343 g/mol. The first-order chi connectivity index (χ1) is 12.9. The Labute approximate surface area is 160 Å². The molecule has 2 aromatic rings. The van der Waals surface area contributed by atoms with E-state index in [4.69, 9.17) is 4.98 Å². The number of nitrogens with zero attached hydrogens (tertiary/aromatic N) is 2. The Hall–Kier alpha value is -2.17. The maximum absolute atomic E-state index is 14.1. The number of hydrogen-bond donors (Lipinski definition) is 1. The molecule has 2 heterocycles. The first-order valence-corrected chi connectivity index (χ1v) is 9.96. The van der Waals surface area contributed by atoms with Crippen molar-refractivity contribution in [2.24, 2.45) is 11.8 Å². The average Bonchev–Trinajstić information content (AvgIpc) is 2.65. The Bertz CT molecular complexity index is 829. The molecule has 1 aliphatic rings. The summed E-state index contributed by atoms with van der Waals surface area (Å²) < 4.78 is 14.1. The van der Waals surface area contributed by atoms with E-state index in [0.29, 0.717) is 10.9 Å². The second kappa shape index (κ2) is 8.24. The Morgan fingerprint density at radius 2 is 2.00 bits per heavy atom. The third-order valence-corrected chi connectivity index (χ3v) is 5.89. The monoisotopic (exact) mass is 372 g/mol. The molecule has 1 aromatic heterocycles. The summed E-state index contributed by atoms with van der Waals surface area (Å²) in [6.07, 6.45) is 4.48. The molecule has 1 unspecified atom stereocenters. The molecule has 0 aliphatic carbocycles. The third-order valence-electron chi connectivity index (χ3n) is 5.89. The maximum atomic E-state index is 14.1. The van der Waals surface area contributed by atoms with Gasteiger partial charge in [-0.3, -0.25) is 4.79 Å². The molecule has 1 aromatic carbocycles. The molecule has 1 saturated heterocycles. The Morgan fingerprint density at radius 1 is 1.30 bits per heavy atom. The van der Waals surface area contributed by atoms with Gasteiger partial charge in [0, 0.05) is 18.5 Å². The molecule has 0 amide bonds. The summed E-state index contributed by atoms with van der Waals surface area (Å²) in [5, 5.41) is 10.2. The topological polar surface area (TPSA) is 53.4 Å². The number of hydrogen-bond acceptors (Lipinski definition) is 3. The van der Waals surface area contributed by atoms with Crippen LogP contribution in [0.15, 0.2) is 18.2 Å². The number of halogens is 1. The van der Waals surface area contributed by atoms with E-state index in [0.717, 1.165) is 62.1 Å². The summed E-state index contributed by atoms with van der Waals surface area (Å²) in [4.78, 5) is 18.7. The normalized spacial score (nSPS) is 16.7. The highest BCUT2D eigenvalue weighted by Gasteiger charge is 2.31. The minimum absolute atomic E-state index is 0.227. The van der Waals surface area contributed by atoms with Crippen LogP contribution in [0.2, 0.25) is 0 Å². The van der Waals surface area contributed by atoms with Crippen LogP contribution >= 0.6 is 0 Å². The van der Waals surface area contributed by atoms with Crippen LogP contribution in [0.3, 0.4) is 0 Å². The highest BCUT2D eigenvalue weighted by Crippen LogP contribution is 2.33. The lowest BCUT2D eigenvalue weighted by atomic mass is 9.81. The van der Waals surface area contributed by atoms with Crippen LogP contribution in [0.25, 0.3) is 10.9 Å². The second-order valence-corrected chi connectivity index (χ2v) is 7.80. The summed E-state index contributed by atoms with van der Waals surface area (Å²) >= 11 is 0. The lowest BCUT2D eigenvalue weighted by Gasteiger charge is -2.36. The van der Waals surface area contributed by atoms with Crippen molar-refractivity contribution >= 4 is 22.7 Å². The van der Waals surface area contributed by atoms with E-state index in [1.54, 1.807) is 6.07 Å². The van der Waals surface area contributed by atoms with Crippen LogP contribution in [0, 0.1) is 31.5 Å². The fourth-order valence-electron chi connectivity index (χ4n) is 4.27. The predicted molar refractivity (Wildman–Crippen MR) is 107 cm³/mol. The van der Waals surface area contributed by atoms with Crippen molar-refractivity contribution in [1.82, 2.24) is 4.98 Å². The fourth-order valence-corrected chi connectivity index (χ4v) is 4.27. The molecule has 1 aliphatic heterocycles. The van der Waals surface area contributed by atoms with Crippen molar-refractivity contribution in [3.8, 4) is 0 Å². The predicted octanol–water partition coefficient (Wildman–Crippen LogP) is 5.10. The van der Waals surface area contributed by atoms with Crippen molar-refractivity contribution in [2.45, 2.75) is 52.9 Å². The zero-order chi connectivity index (χ0) is 19.6. The first-order valence-electron chi connectivity index (χ1n) is 9.96. The quantitative estimate of drug-likeness (QED) is 0.767. The standard InChI is InChI=1S/C22H29FN2O2/c1-4-5-6-17(22(26)27)16-9-11-25(12-10-16)21-15(3)13-18-19(23)8-7-14(2)20(18)24-21/h7-8,13,16-17H,4-6,9-12H2,1-3H3,(H,26,27). The number of pyridine rings is 1. The fraction of sp³-hybridized carbons (Fsp3) is 0.545. The highest BCUT2D eigenvalue weighted by atomic mass is 19.1. The minimum Gasteiger partial charge on any atom is -0.481 e. The molecule has 5 heteroatoms. The van der Waals surface area contributed by atoms with E-state index in [2.05, 4.69) is 11.8 Å². The molecule has 4 nitrogen and oxygen atoms in total. The summed E-state index contributed by atoms with van der Waals surface area (Å²) in [6.45, 7) is 7.62. The molecule has 0 radical (unpaired) electrons. The van der Waals surface area contributed by atoms with Gasteiger partial charge >= 0.3 is 5.97 Å². The van der Waals surface area contributed by atoms with Gasteiger partial charge in [0.1, 0.15) is 11.6 Å². The minimum atomic E-state index is -0.659. The van der Waals surface area contributed by atoms with Crippen molar-refractivity contribution in [3.05, 3.63) is 35.1 Å². The van der Waals surface area contributed by atoms with Gasteiger partial charge in [0.05, 0.1) is 11.4 Å². The Kier molecular flexibility index (Phi) is 5.98. The Morgan fingerprint density at radius 3 is 2.63 bits per heavy atom. The number of carbonyl (C=O) groups is 1. The number of benzene rings is 1. The van der Waals surface area contributed by atoms with Crippen LogP contribution in [0.1, 0.15) is 50.2 Å². The van der Waals surface area contributed by atoms with Gasteiger partial charge in [0.15, 0.2) is 0 Å². The molecule has 1 fully saturated rings.